The number of phosphoric ester groups is 1. The van der Waals surface area contributed by atoms with E-state index in [4.69, 9.17) is 9.05 Å². The number of unbranched alkanes of at least 4 members (excludes halogenated alkanes) is 14. The van der Waals surface area contributed by atoms with Gasteiger partial charge in [-0.15, -0.1) is 0 Å². The number of likely N-dealkylation sites (N-methyl/N-ethyl adjacent to an activating group) is 1. The van der Waals surface area contributed by atoms with E-state index in [-0.39, 0.29) is 19.1 Å². The van der Waals surface area contributed by atoms with Gasteiger partial charge in [0, 0.05) is 6.42 Å². The monoisotopic (exact) mass is 926 g/mol. The van der Waals surface area contributed by atoms with E-state index in [2.05, 4.69) is 129 Å². The van der Waals surface area contributed by atoms with E-state index < -0.39 is 20.0 Å². The first-order valence-electron chi connectivity index (χ1n) is 25.8. The summed E-state index contributed by atoms with van der Waals surface area (Å²) in [5, 5.41) is 14.0. The first kappa shape index (κ1) is 62.2. The van der Waals surface area contributed by atoms with Crippen LogP contribution in [0.5, 0.6) is 0 Å². The van der Waals surface area contributed by atoms with Gasteiger partial charge in [0.15, 0.2) is 0 Å². The highest BCUT2D eigenvalue weighted by Crippen LogP contribution is 2.43. The third kappa shape index (κ3) is 48.9. The van der Waals surface area contributed by atoms with Gasteiger partial charge in [-0.05, 0) is 77.0 Å². The lowest BCUT2D eigenvalue weighted by atomic mass is 10.0. The van der Waals surface area contributed by atoms with Gasteiger partial charge in [0.2, 0.25) is 5.91 Å². The Morgan fingerprint density at radius 2 is 0.908 bits per heavy atom. The highest BCUT2D eigenvalue weighted by Gasteiger charge is 2.28. The molecule has 65 heavy (non-hydrogen) atoms. The van der Waals surface area contributed by atoms with Crippen molar-refractivity contribution in [1.82, 2.24) is 5.32 Å². The average molecular weight is 926 g/mol. The van der Waals surface area contributed by atoms with E-state index in [1.54, 1.807) is 0 Å². The van der Waals surface area contributed by atoms with Gasteiger partial charge in [-0.3, -0.25) is 13.8 Å². The third-order valence-corrected chi connectivity index (χ3v) is 11.8. The zero-order valence-electron chi connectivity index (χ0n) is 42.2. The first-order valence-corrected chi connectivity index (χ1v) is 27.2. The second kappa shape index (κ2) is 46.3. The summed E-state index contributed by atoms with van der Waals surface area (Å²) in [4.78, 5) is 23.2. The van der Waals surface area contributed by atoms with Crippen molar-refractivity contribution >= 4 is 13.7 Å². The maximum Gasteiger partial charge on any atom is 0.472 e. The lowest BCUT2D eigenvalue weighted by molar-refractivity contribution is -0.870. The van der Waals surface area contributed by atoms with Gasteiger partial charge in [0.05, 0.1) is 39.9 Å². The maximum atomic E-state index is 12.9. The molecule has 0 aromatic heterocycles. The number of aliphatic hydroxyl groups is 1. The van der Waals surface area contributed by atoms with Gasteiger partial charge in [-0.25, -0.2) is 4.57 Å². The second-order valence-corrected chi connectivity index (χ2v) is 19.6. The van der Waals surface area contributed by atoms with Gasteiger partial charge in [-0.1, -0.05) is 213 Å². The Morgan fingerprint density at radius 3 is 1.29 bits per heavy atom. The SMILES string of the molecule is CC/C=C\C/C=C\C/C=C\C/C=C\C/C=C\C/C=C\C/C=C\C/C=C\C/C=C\CCCC(=O)NC(COP(=O)(O)OCC[N+](C)(C)C)C(O)CCCCCCCCCCCCCCCC. The van der Waals surface area contributed by atoms with Crippen LogP contribution in [0, 0.1) is 0 Å². The molecular weight excluding hydrogens is 828 g/mol. The molecule has 0 fully saturated rings. The minimum Gasteiger partial charge on any atom is -0.391 e. The molecule has 0 aromatic carbocycles. The number of allylic oxidation sites excluding steroid dienone is 18. The van der Waals surface area contributed by atoms with Crippen LogP contribution >= 0.6 is 7.82 Å². The molecule has 0 heterocycles. The molecule has 0 aliphatic rings. The van der Waals surface area contributed by atoms with Crippen molar-refractivity contribution in [2.75, 3.05) is 40.9 Å². The van der Waals surface area contributed by atoms with E-state index in [1.165, 1.54) is 70.6 Å². The number of carbonyl (C=O) groups is 1. The van der Waals surface area contributed by atoms with Crippen molar-refractivity contribution in [2.24, 2.45) is 0 Å². The number of rotatable bonds is 45. The van der Waals surface area contributed by atoms with Crippen LogP contribution in [-0.2, 0) is 18.4 Å². The van der Waals surface area contributed by atoms with Crippen molar-refractivity contribution < 1.29 is 32.9 Å². The largest absolute Gasteiger partial charge is 0.472 e. The molecule has 3 N–H and O–H groups in total. The number of nitrogens with one attached hydrogen (secondary N) is 1. The number of aliphatic hydroxyl groups excluding tert-OH is 1. The molecule has 3 atom stereocenters. The van der Waals surface area contributed by atoms with Crippen molar-refractivity contribution in [3.63, 3.8) is 0 Å². The summed E-state index contributed by atoms with van der Waals surface area (Å²) >= 11 is 0. The van der Waals surface area contributed by atoms with Crippen LogP contribution in [-0.4, -0.2) is 73.4 Å². The van der Waals surface area contributed by atoms with Crippen LogP contribution in [0.25, 0.3) is 0 Å². The minimum absolute atomic E-state index is 0.0575. The van der Waals surface area contributed by atoms with E-state index in [9.17, 15) is 19.4 Å². The summed E-state index contributed by atoms with van der Waals surface area (Å²) in [6.07, 6.45) is 67.1. The van der Waals surface area contributed by atoms with E-state index in [0.29, 0.717) is 30.3 Å². The van der Waals surface area contributed by atoms with Crippen molar-refractivity contribution in [3.8, 4) is 0 Å². The summed E-state index contributed by atoms with van der Waals surface area (Å²) < 4.78 is 23.6. The van der Waals surface area contributed by atoms with Gasteiger partial charge >= 0.3 is 7.82 Å². The molecular formula is C56H98N2O6P+. The molecule has 8 nitrogen and oxygen atoms in total. The lowest BCUT2D eigenvalue weighted by Gasteiger charge is -2.26. The summed E-state index contributed by atoms with van der Waals surface area (Å²) in [6, 6.07) is -0.799. The number of hydrogen-bond acceptors (Lipinski definition) is 5. The molecule has 0 aromatic rings. The quantitative estimate of drug-likeness (QED) is 0.0243. The van der Waals surface area contributed by atoms with Crippen LogP contribution in [0.4, 0.5) is 0 Å². The van der Waals surface area contributed by atoms with Crippen LogP contribution < -0.4 is 5.32 Å². The van der Waals surface area contributed by atoms with Gasteiger partial charge < -0.3 is 19.8 Å². The van der Waals surface area contributed by atoms with Crippen LogP contribution in [0.3, 0.4) is 0 Å². The molecule has 0 rings (SSSR count). The Morgan fingerprint density at radius 1 is 0.538 bits per heavy atom. The smallest absolute Gasteiger partial charge is 0.391 e. The molecule has 0 spiro atoms. The molecule has 0 bridgehead atoms. The molecule has 9 heteroatoms. The normalized spacial score (nSPS) is 15.0. The summed E-state index contributed by atoms with van der Waals surface area (Å²) in [5.74, 6) is -0.207. The van der Waals surface area contributed by atoms with Gasteiger partial charge in [-0.2, -0.15) is 0 Å². The Balaban J connectivity index is 4.38. The second-order valence-electron chi connectivity index (χ2n) is 18.2. The molecule has 0 saturated heterocycles. The fraction of sp³-hybridized carbons (Fsp3) is 0.661. The van der Waals surface area contributed by atoms with Gasteiger partial charge in [0.25, 0.3) is 0 Å². The minimum atomic E-state index is -4.34. The predicted octanol–water partition coefficient (Wildman–Crippen LogP) is 15.3. The van der Waals surface area contributed by atoms with Crippen molar-refractivity contribution in [2.45, 2.75) is 199 Å². The Bertz CT molecular complexity index is 1420. The fourth-order valence-electron chi connectivity index (χ4n) is 6.75. The molecule has 372 valence electrons. The number of quaternary nitrogens is 1. The summed E-state index contributed by atoms with van der Waals surface area (Å²) in [6.45, 7) is 4.71. The topological polar surface area (TPSA) is 105 Å². The number of nitrogens with zero attached hydrogens (tertiary/aromatic N) is 1. The first-order chi connectivity index (χ1) is 31.5. The molecule has 3 unspecified atom stereocenters. The Kier molecular flexibility index (Phi) is 44.3. The fourth-order valence-corrected chi connectivity index (χ4v) is 7.49. The molecule has 0 saturated carbocycles. The third-order valence-electron chi connectivity index (χ3n) is 10.8. The zero-order valence-corrected chi connectivity index (χ0v) is 43.1. The number of carbonyl (C=O) groups excluding carboxylic acids is 1. The Hall–Kier alpha value is -2.84. The molecule has 1 amide bonds. The molecule has 0 aliphatic heterocycles. The standard InChI is InChI=1S/C56H97N2O6P/c1-6-8-10-12-14-16-18-20-22-23-24-25-26-27-28-29-30-31-32-33-34-35-36-38-40-42-44-46-48-50-56(60)57-54(53-64-65(61,62)63-52-51-58(3,4)5)55(59)49-47-45-43-41-39-37-21-19-17-15-13-11-9-7-2/h8,10,14,16,20,22,24-25,27-28,30-31,33-34,36,38,42,44,54-55,59H,6-7,9,11-13,15,17-19,21,23,26,29,32,35,37,39-41,43,45-53H2,1-5H3,(H-,57,60,61,62)/p+1/b10-8-,16-14-,22-20-,25-24-,28-27-,31-30-,34-33-,38-36-,44-42-. The highest BCUT2D eigenvalue weighted by atomic mass is 31.2. The number of phosphoric acid groups is 1. The predicted molar refractivity (Wildman–Crippen MR) is 281 cm³/mol. The number of amides is 1. The Labute approximate surface area is 400 Å². The molecule has 0 aliphatic carbocycles. The molecule has 0 radical (unpaired) electrons. The van der Waals surface area contributed by atoms with Crippen LogP contribution in [0.2, 0.25) is 0 Å². The van der Waals surface area contributed by atoms with E-state index in [1.807, 2.05) is 21.1 Å². The van der Waals surface area contributed by atoms with Crippen LogP contribution in [0.15, 0.2) is 109 Å². The number of hydrogen-bond donors (Lipinski definition) is 3. The zero-order chi connectivity index (χ0) is 47.8. The van der Waals surface area contributed by atoms with E-state index in [0.717, 1.165) is 83.5 Å². The van der Waals surface area contributed by atoms with Crippen molar-refractivity contribution in [1.29, 1.82) is 0 Å². The summed E-state index contributed by atoms with van der Waals surface area (Å²) in [5.41, 5.74) is 0. The van der Waals surface area contributed by atoms with Gasteiger partial charge in [0.1, 0.15) is 13.2 Å². The van der Waals surface area contributed by atoms with Crippen LogP contribution in [0.1, 0.15) is 187 Å². The maximum absolute atomic E-state index is 12.9. The summed E-state index contributed by atoms with van der Waals surface area (Å²) in [7, 11) is 1.56. The highest BCUT2D eigenvalue weighted by molar-refractivity contribution is 7.47. The van der Waals surface area contributed by atoms with E-state index >= 15 is 0 Å². The average Bonchev–Trinajstić information content (AvgIpc) is 3.26. The lowest BCUT2D eigenvalue weighted by Crippen LogP contribution is -2.46. The van der Waals surface area contributed by atoms with Crippen molar-refractivity contribution in [3.05, 3.63) is 109 Å².